The Hall–Kier alpha value is -4.13. The summed E-state index contributed by atoms with van der Waals surface area (Å²) >= 11 is 0. The number of amides is 2. The number of hydrogen-bond donors (Lipinski definition) is 3. The molecule has 3 N–H and O–H groups in total. The smallest absolute Gasteiger partial charge is 0.310 e. The largest absolute Gasteiger partial charge is 0.481 e. The lowest BCUT2D eigenvalue weighted by Crippen LogP contribution is -2.53. The van der Waals surface area contributed by atoms with Gasteiger partial charge in [-0.15, -0.1) is 0 Å². The summed E-state index contributed by atoms with van der Waals surface area (Å²) in [5.41, 5.74) is 3.68. The van der Waals surface area contributed by atoms with Crippen LogP contribution in [0, 0.1) is 17.3 Å². The number of carbonyl (C=O) groups excluding carboxylic acids is 2. The van der Waals surface area contributed by atoms with E-state index in [2.05, 4.69) is 10.6 Å². The van der Waals surface area contributed by atoms with E-state index in [-0.39, 0.29) is 17.7 Å². The number of carboxylic acid groups (broad SMARTS) is 1. The molecule has 2 unspecified atom stereocenters. The minimum Gasteiger partial charge on any atom is -0.481 e. The summed E-state index contributed by atoms with van der Waals surface area (Å²) in [6, 6.07) is 25.1. The van der Waals surface area contributed by atoms with Gasteiger partial charge in [-0.05, 0) is 79.5 Å². The van der Waals surface area contributed by atoms with Crippen LogP contribution in [0.5, 0.6) is 0 Å². The van der Waals surface area contributed by atoms with Crippen LogP contribution < -0.4 is 15.5 Å². The van der Waals surface area contributed by atoms with Gasteiger partial charge in [-0.2, -0.15) is 0 Å². The standard InChI is InChI=1S/C35H41N3O4/c1-24(2)21-29(35(34(41)42)19-8-9-20-35)32(39)37-30-18-17-26-12-6-7-16-31(26)38(33(30)40)23-25-11-10-15-28(22-25)36-27-13-4-3-5-14-27/h3-7,10-16,22,24,29-30,36H,8-9,17-21,23H2,1-2H3,(H,37,39)(H,41,42). The fourth-order valence-corrected chi connectivity index (χ4v) is 6.68. The summed E-state index contributed by atoms with van der Waals surface area (Å²) in [7, 11) is 0. The summed E-state index contributed by atoms with van der Waals surface area (Å²) in [4.78, 5) is 42.4. The van der Waals surface area contributed by atoms with E-state index in [4.69, 9.17) is 0 Å². The number of carboxylic acids is 1. The van der Waals surface area contributed by atoms with E-state index < -0.39 is 23.3 Å². The van der Waals surface area contributed by atoms with E-state index in [1.54, 1.807) is 4.90 Å². The zero-order valence-electron chi connectivity index (χ0n) is 24.5. The minimum atomic E-state index is -1.07. The van der Waals surface area contributed by atoms with E-state index >= 15 is 0 Å². The number of hydrogen-bond acceptors (Lipinski definition) is 4. The Labute approximate surface area is 248 Å². The number of nitrogens with zero attached hydrogens (tertiary/aromatic N) is 1. The van der Waals surface area contributed by atoms with Crippen molar-refractivity contribution in [3.8, 4) is 0 Å². The molecule has 220 valence electrons. The molecule has 2 amide bonds. The molecule has 3 aromatic carbocycles. The third-order valence-electron chi connectivity index (χ3n) is 8.81. The highest BCUT2D eigenvalue weighted by Gasteiger charge is 2.51. The normalized spacial score (nSPS) is 18.7. The molecule has 2 atom stereocenters. The van der Waals surface area contributed by atoms with Crippen LogP contribution in [0.15, 0.2) is 78.9 Å². The SMILES string of the molecule is CC(C)CC(C(=O)NC1CCc2ccccc2N(Cc2cccc(Nc3ccccc3)c2)C1=O)C1(C(=O)O)CCCC1. The Balaban J connectivity index is 1.40. The van der Waals surface area contributed by atoms with Crippen molar-refractivity contribution in [1.29, 1.82) is 0 Å². The number of benzene rings is 3. The molecule has 7 heteroatoms. The van der Waals surface area contributed by atoms with Gasteiger partial charge in [0.15, 0.2) is 0 Å². The van der Waals surface area contributed by atoms with Gasteiger partial charge in [-0.3, -0.25) is 14.4 Å². The molecule has 7 nitrogen and oxygen atoms in total. The maximum absolute atomic E-state index is 14.2. The van der Waals surface area contributed by atoms with Gasteiger partial charge in [0, 0.05) is 17.1 Å². The van der Waals surface area contributed by atoms with Gasteiger partial charge < -0.3 is 20.6 Å². The van der Waals surface area contributed by atoms with E-state index in [1.165, 1.54) is 0 Å². The molecular weight excluding hydrogens is 526 g/mol. The molecule has 1 fully saturated rings. The molecule has 42 heavy (non-hydrogen) atoms. The van der Waals surface area contributed by atoms with Crippen molar-refractivity contribution in [2.45, 2.75) is 71.4 Å². The van der Waals surface area contributed by atoms with Crippen LogP contribution in [0.3, 0.4) is 0 Å². The highest BCUT2D eigenvalue weighted by Crippen LogP contribution is 2.47. The first-order valence-corrected chi connectivity index (χ1v) is 15.1. The number of aliphatic carboxylic acids is 1. The van der Waals surface area contributed by atoms with Crippen molar-refractivity contribution in [2.75, 3.05) is 10.2 Å². The number of aryl methyl sites for hydroxylation is 1. The maximum Gasteiger partial charge on any atom is 0.310 e. The van der Waals surface area contributed by atoms with Crippen LogP contribution >= 0.6 is 0 Å². The van der Waals surface area contributed by atoms with Gasteiger partial charge in [0.25, 0.3) is 0 Å². The van der Waals surface area contributed by atoms with Gasteiger partial charge in [0.2, 0.25) is 11.8 Å². The molecule has 1 aliphatic heterocycles. The number of para-hydroxylation sites is 2. The van der Waals surface area contributed by atoms with E-state index in [9.17, 15) is 19.5 Å². The lowest BCUT2D eigenvalue weighted by molar-refractivity contribution is -0.157. The Morgan fingerprint density at radius 2 is 1.64 bits per heavy atom. The predicted molar refractivity (Wildman–Crippen MR) is 166 cm³/mol. The average molecular weight is 568 g/mol. The molecule has 1 aliphatic carbocycles. The highest BCUT2D eigenvalue weighted by atomic mass is 16.4. The molecular formula is C35H41N3O4. The van der Waals surface area contributed by atoms with Crippen molar-refractivity contribution in [1.82, 2.24) is 5.32 Å². The minimum absolute atomic E-state index is 0.153. The number of fused-ring (bicyclic) bond motifs is 1. The average Bonchev–Trinajstić information content (AvgIpc) is 3.44. The third kappa shape index (κ3) is 6.35. The molecule has 2 aliphatic rings. The fraction of sp³-hybridized carbons (Fsp3) is 0.400. The zero-order valence-corrected chi connectivity index (χ0v) is 24.5. The van der Waals surface area contributed by atoms with Crippen LogP contribution in [-0.2, 0) is 27.3 Å². The number of rotatable bonds is 10. The Morgan fingerprint density at radius 1 is 0.952 bits per heavy atom. The van der Waals surface area contributed by atoms with E-state index in [0.717, 1.165) is 41.0 Å². The van der Waals surface area contributed by atoms with Gasteiger partial charge in [-0.25, -0.2) is 0 Å². The Bertz CT molecular complexity index is 1410. The summed E-state index contributed by atoms with van der Waals surface area (Å²) in [6.07, 6.45) is 4.17. The number of nitrogens with one attached hydrogen (secondary N) is 2. The summed E-state index contributed by atoms with van der Waals surface area (Å²) in [5, 5.41) is 16.8. The summed E-state index contributed by atoms with van der Waals surface area (Å²) in [6.45, 7) is 4.38. The van der Waals surface area contributed by atoms with E-state index in [1.807, 2.05) is 92.7 Å². The van der Waals surface area contributed by atoms with Crippen molar-refractivity contribution >= 4 is 34.8 Å². The van der Waals surface area contributed by atoms with Crippen LogP contribution in [0.4, 0.5) is 17.1 Å². The first-order chi connectivity index (χ1) is 20.3. The quantitative estimate of drug-likeness (QED) is 0.253. The van der Waals surface area contributed by atoms with Gasteiger partial charge in [-0.1, -0.05) is 75.2 Å². The highest BCUT2D eigenvalue weighted by molar-refractivity contribution is 6.01. The van der Waals surface area contributed by atoms with Gasteiger partial charge >= 0.3 is 5.97 Å². The predicted octanol–water partition coefficient (Wildman–Crippen LogP) is 6.70. The van der Waals surface area contributed by atoms with Crippen LogP contribution in [0.25, 0.3) is 0 Å². The topological polar surface area (TPSA) is 98.7 Å². The molecule has 0 aromatic heterocycles. The Morgan fingerprint density at radius 3 is 2.36 bits per heavy atom. The zero-order chi connectivity index (χ0) is 29.7. The maximum atomic E-state index is 14.2. The van der Waals surface area contributed by atoms with Crippen LogP contribution in [-0.4, -0.2) is 28.9 Å². The summed E-state index contributed by atoms with van der Waals surface area (Å²) < 4.78 is 0. The van der Waals surface area contributed by atoms with Crippen LogP contribution in [0.1, 0.15) is 63.5 Å². The molecule has 0 saturated heterocycles. The molecule has 3 aromatic rings. The Kier molecular flexibility index (Phi) is 8.95. The second-order valence-electron chi connectivity index (χ2n) is 12.2. The molecule has 1 saturated carbocycles. The molecule has 1 heterocycles. The first kappa shape index (κ1) is 29.4. The fourth-order valence-electron chi connectivity index (χ4n) is 6.68. The van der Waals surface area contributed by atoms with Crippen molar-refractivity contribution in [3.63, 3.8) is 0 Å². The van der Waals surface area contributed by atoms with Crippen molar-refractivity contribution in [3.05, 3.63) is 90.0 Å². The molecule has 0 bridgehead atoms. The second-order valence-corrected chi connectivity index (χ2v) is 12.2. The van der Waals surface area contributed by atoms with Crippen LogP contribution in [0.2, 0.25) is 0 Å². The monoisotopic (exact) mass is 567 g/mol. The number of carbonyl (C=O) groups is 3. The second kappa shape index (κ2) is 12.8. The van der Waals surface area contributed by atoms with Gasteiger partial charge in [0.1, 0.15) is 6.04 Å². The third-order valence-corrected chi connectivity index (χ3v) is 8.81. The lowest BCUT2D eigenvalue weighted by Gasteiger charge is -2.35. The van der Waals surface area contributed by atoms with Gasteiger partial charge in [0.05, 0.1) is 17.9 Å². The molecule has 0 radical (unpaired) electrons. The molecule has 5 rings (SSSR count). The van der Waals surface area contributed by atoms with E-state index in [0.29, 0.717) is 38.6 Å². The van der Waals surface area contributed by atoms with Crippen molar-refractivity contribution in [2.24, 2.45) is 17.3 Å². The first-order valence-electron chi connectivity index (χ1n) is 15.1. The number of anilines is 3. The lowest BCUT2D eigenvalue weighted by atomic mass is 9.70. The summed E-state index contributed by atoms with van der Waals surface area (Å²) in [5.74, 6) is -1.91. The van der Waals surface area contributed by atoms with Crippen molar-refractivity contribution < 1.29 is 19.5 Å². The molecule has 0 spiro atoms.